The van der Waals surface area contributed by atoms with E-state index in [9.17, 15) is 9.90 Å². The molecule has 7 nitrogen and oxygen atoms in total. The van der Waals surface area contributed by atoms with E-state index in [0.29, 0.717) is 6.54 Å². The Kier molecular flexibility index (Phi) is 7.14. The van der Waals surface area contributed by atoms with Crippen molar-refractivity contribution >= 4 is 42.3 Å². The fraction of sp³-hybridized carbons (Fsp3) is 0.467. The van der Waals surface area contributed by atoms with Gasteiger partial charge in [-0.05, 0) is 6.92 Å². The first-order chi connectivity index (χ1) is 11.5. The van der Waals surface area contributed by atoms with Crippen molar-refractivity contribution in [3.05, 3.63) is 38.8 Å². The van der Waals surface area contributed by atoms with Crippen LogP contribution in [0.3, 0.4) is 0 Å². The molecule has 136 valence electrons. The van der Waals surface area contributed by atoms with Gasteiger partial charge in [-0.1, -0.05) is 11.6 Å². The number of carbonyl (C=O) groups excluding carboxylic acids is 1. The van der Waals surface area contributed by atoms with Gasteiger partial charge in [0.25, 0.3) is 5.91 Å². The molecule has 1 aliphatic rings. The van der Waals surface area contributed by atoms with E-state index in [1.165, 1.54) is 23.0 Å². The van der Waals surface area contributed by atoms with E-state index < -0.39 is 6.10 Å². The van der Waals surface area contributed by atoms with E-state index in [2.05, 4.69) is 25.2 Å². The van der Waals surface area contributed by atoms with Crippen molar-refractivity contribution in [2.75, 3.05) is 19.6 Å². The summed E-state index contributed by atoms with van der Waals surface area (Å²) in [4.78, 5) is 27.5. The maximum Gasteiger partial charge on any atom is 0.270 e. The lowest BCUT2D eigenvalue weighted by atomic mass is 10.1. The number of β-amino-alcohol motifs (C(OH)–C–C–N with tert-alkyl or cyclic N) is 1. The molecular weight excluding hydrogens is 382 g/mol. The first-order valence-corrected chi connectivity index (χ1v) is 8.82. The Labute approximate surface area is 161 Å². The molecule has 3 heterocycles. The van der Waals surface area contributed by atoms with Crippen LogP contribution in [0.5, 0.6) is 0 Å². The Morgan fingerprint density at radius 2 is 2.32 bits per heavy atom. The first kappa shape index (κ1) is 20.1. The third-order valence-electron chi connectivity index (χ3n) is 3.75. The van der Waals surface area contributed by atoms with E-state index in [1.807, 2.05) is 6.92 Å². The SMILES string of the molecule is Cc1nc2c(s1)CN(C[C@@H](O)CNC(=O)c1cc(Cl)ncn1)CC2.S. The summed E-state index contributed by atoms with van der Waals surface area (Å²) in [7, 11) is 0. The average Bonchev–Trinajstić information content (AvgIpc) is 2.92. The van der Waals surface area contributed by atoms with Gasteiger partial charge in [-0.3, -0.25) is 9.69 Å². The summed E-state index contributed by atoms with van der Waals surface area (Å²) in [5.41, 5.74) is 1.36. The predicted octanol–water partition coefficient (Wildman–Crippen LogP) is 1.16. The molecular formula is C15H20ClN5O2S2. The number of aliphatic hydroxyl groups is 1. The number of hydrogen-bond acceptors (Lipinski definition) is 7. The number of amides is 1. The summed E-state index contributed by atoms with van der Waals surface area (Å²) in [6, 6.07) is 1.39. The Hall–Kier alpha value is -1.26. The topological polar surface area (TPSA) is 91.2 Å². The number of halogens is 1. The Bertz CT molecular complexity index is 742. The molecule has 0 aliphatic carbocycles. The van der Waals surface area contributed by atoms with Crippen molar-refractivity contribution in [1.82, 2.24) is 25.2 Å². The number of hydrogen-bond donors (Lipinski definition) is 2. The number of nitrogens with zero attached hydrogens (tertiary/aromatic N) is 4. The van der Waals surface area contributed by atoms with Crippen LogP contribution in [-0.2, 0) is 13.0 Å². The van der Waals surface area contributed by atoms with Gasteiger partial charge in [-0.25, -0.2) is 15.0 Å². The zero-order valence-electron chi connectivity index (χ0n) is 13.7. The average molecular weight is 402 g/mol. The van der Waals surface area contributed by atoms with Crippen LogP contribution in [0.4, 0.5) is 0 Å². The molecule has 3 rings (SSSR count). The van der Waals surface area contributed by atoms with Crippen LogP contribution in [0.15, 0.2) is 12.4 Å². The van der Waals surface area contributed by atoms with Crippen LogP contribution in [0.25, 0.3) is 0 Å². The van der Waals surface area contributed by atoms with Gasteiger partial charge < -0.3 is 10.4 Å². The number of aromatic nitrogens is 3. The second-order valence-corrected chi connectivity index (χ2v) is 7.35. The quantitative estimate of drug-likeness (QED) is 0.730. The fourth-order valence-corrected chi connectivity index (χ4v) is 3.83. The smallest absolute Gasteiger partial charge is 0.270 e. The number of aliphatic hydroxyl groups excluding tert-OH is 1. The molecule has 0 saturated heterocycles. The van der Waals surface area contributed by atoms with Crippen molar-refractivity contribution in [3.8, 4) is 0 Å². The minimum atomic E-state index is -0.651. The molecule has 0 aromatic carbocycles. The second kappa shape index (κ2) is 8.91. The molecule has 0 bridgehead atoms. The van der Waals surface area contributed by atoms with Gasteiger partial charge in [0.1, 0.15) is 17.2 Å². The van der Waals surface area contributed by atoms with Crippen LogP contribution < -0.4 is 5.32 Å². The van der Waals surface area contributed by atoms with Crippen molar-refractivity contribution in [2.24, 2.45) is 0 Å². The highest BCUT2D eigenvalue weighted by molar-refractivity contribution is 7.59. The molecule has 0 radical (unpaired) electrons. The zero-order chi connectivity index (χ0) is 17.1. The Morgan fingerprint density at radius 1 is 1.52 bits per heavy atom. The minimum absolute atomic E-state index is 0. The maximum absolute atomic E-state index is 12.0. The lowest BCUT2D eigenvalue weighted by Crippen LogP contribution is -2.42. The fourth-order valence-electron chi connectivity index (χ4n) is 2.65. The molecule has 2 aromatic heterocycles. The maximum atomic E-state index is 12.0. The number of thiazole rings is 1. The molecule has 10 heteroatoms. The van der Waals surface area contributed by atoms with Gasteiger partial charge in [0.05, 0.1) is 16.8 Å². The van der Waals surface area contributed by atoms with Crippen molar-refractivity contribution in [2.45, 2.75) is 26.0 Å². The van der Waals surface area contributed by atoms with E-state index in [1.54, 1.807) is 11.3 Å². The van der Waals surface area contributed by atoms with Crippen LogP contribution in [0.1, 0.15) is 26.1 Å². The number of rotatable bonds is 5. The molecule has 0 saturated carbocycles. The number of nitrogens with one attached hydrogen (secondary N) is 1. The molecule has 2 aromatic rings. The molecule has 1 atom stereocenters. The molecule has 0 spiro atoms. The number of fused-ring (bicyclic) bond motifs is 1. The lowest BCUT2D eigenvalue weighted by molar-refractivity contribution is 0.0839. The largest absolute Gasteiger partial charge is 0.390 e. The van der Waals surface area contributed by atoms with E-state index in [4.69, 9.17) is 11.6 Å². The molecule has 25 heavy (non-hydrogen) atoms. The summed E-state index contributed by atoms with van der Waals surface area (Å²) < 4.78 is 0. The molecule has 2 N–H and O–H groups in total. The van der Waals surface area contributed by atoms with Crippen LogP contribution in [-0.4, -0.2) is 56.6 Å². The third-order valence-corrected chi connectivity index (χ3v) is 4.96. The highest BCUT2D eigenvalue weighted by atomic mass is 35.5. The summed E-state index contributed by atoms with van der Waals surface area (Å²) >= 11 is 7.44. The van der Waals surface area contributed by atoms with Crippen molar-refractivity contribution < 1.29 is 9.90 Å². The van der Waals surface area contributed by atoms with Gasteiger partial charge in [0.15, 0.2) is 0 Å². The van der Waals surface area contributed by atoms with E-state index in [-0.39, 0.29) is 36.8 Å². The van der Waals surface area contributed by atoms with Crippen molar-refractivity contribution in [3.63, 3.8) is 0 Å². The molecule has 0 fully saturated rings. The van der Waals surface area contributed by atoms with Gasteiger partial charge in [0.2, 0.25) is 0 Å². The van der Waals surface area contributed by atoms with E-state index >= 15 is 0 Å². The second-order valence-electron chi connectivity index (χ2n) is 5.68. The van der Waals surface area contributed by atoms with Crippen molar-refractivity contribution in [1.29, 1.82) is 0 Å². The molecule has 0 unspecified atom stereocenters. The standard InChI is InChI=1S/C15H18ClN5O2S.H2S/c1-9-20-11-2-3-21(7-13(11)24-9)6-10(22)5-17-15(23)12-4-14(16)19-8-18-12;/h4,8,10,22H,2-3,5-7H2,1H3,(H,17,23);1H2/t10-;/m0./s1. The zero-order valence-corrected chi connectivity index (χ0v) is 16.3. The molecule has 1 amide bonds. The normalized spacial score (nSPS) is 15.2. The predicted molar refractivity (Wildman–Crippen MR) is 102 cm³/mol. The van der Waals surface area contributed by atoms with E-state index in [0.717, 1.165) is 24.5 Å². The first-order valence-electron chi connectivity index (χ1n) is 7.62. The number of carbonyl (C=O) groups is 1. The van der Waals surface area contributed by atoms with Crippen LogP contribution >= 0.6 is 36.4 Å². The van der Waals surface area contributed by atoms with Gasteiger partial charge >= 0.3 is 0 Å². The Balaban J connectivity index is 0.00000225. The third kappa shape index (κ3) is 5.35. The minimum Gasteiger partial charge on any atom is -0.390 e. The lowest BCUT2D eigenvalue weighted by Gasteiger charge is -2.28. The summed E-state index contributed by atoms with van der Waals surface area (Å²) in [5, 5.41) is 14.1. The van der Waals surface area contributed by atoms with Gasteiger partial charge in [0, 0.05) is 43.5 Å². The summed E-state index contributed by atoms with van der Waals surface area (Å²) in [5.74, 6) is -0.377. The van der Waals surface area contributed by atoms with Crippen LogP contribution in [0.2, 0.25) is 5.15 Å². The van der Waals surface area contributed by atoms with Crippen LogP contribution in [0, 0.1) is 6.92 Å². The molecule has 1 aliphatic heterocycles. The highest BCUT2D eigenvalue weighted by Crippen LogP contribution is 2.24. The van der Waals surface area contributed by atoms with Gasteiger partial charge in [-0.15, -0.1) is 11.3 Å². The number of aryl methyl sites for hydroxylation is 1. The highest BCUT2D eigenvalue weighted by Gasteiger charge is 2.22. The van der Waals surface area contributed by atoms with Gasteiger partial charge in [-0.2, -0.15) is 13.5 Å². The monoisotopic (exact) mass is 401 g/mol. The summed E-state index contributed by atoms with van der Waals surface area (Å²) in [6.07, 6.45) is 1.48. The summed E-state index contributed by atoms with van der Waals surface area (Å²) in [6.45, 7) is 4.33. The Morgan fingerprint density at radius 3 is 3.08 bits per heavy atom.